The molecule has 112 valence electrons. The topological polar surface area (TPSA) is 9.23 Å². The van der Waals surface area contributed by atoms with Gasteiger partial charge in [0.1, 0.15) is 12.2 Å². The maximum absolute atomic E-state index is 6.11. The van der Waals surface area contributed by atoms with Gasteiger partial charge in [0.15, 0.2) is 0 Å². The van der Waals surface area contributed by atoms with E-state index in [1.54, 1.807) is 0 Å². The lowest BCUT2D eigenvalue weighted by atomic mass is 9.85. The van der Waals surface area contributed by atoms with E-state index in [0.29, 0.717) is 0 Å². The Morgan fingerprint density at radius 1 is 0.909 bits per heavy atom. The lowest BCUT2D eigenvalue weighted by Gasteiger charge is -2.19. The molecule has 2 aromatic rings. The molecule has 0 saturated heterocycles. The smallest absolute Gasteiger partial charge is 0.106 e. The summed E-state index contributed by atoms with van der Waals surface area (Å²) in [7, 11) is 0. The summed E-state index contributed by atoms with van der Waals surface area (Å²) in [5.41, 5.74) is 7.09. The summed E-state index contributed by atoms with van der Waals surface area (Å²) >= 11 is 0. The van der Waals surface area contributed by atoms with Crippen LogP contribution in [0.5, 0.6) is 0 Å². The first kappa shape index (κ1) is 13.8. The van der Waals surface area contributed by atoms with Crippen molar-refractivity contribution < 1.29 is 4.74 Å². The molecule has 0 saturated carbocycles. The van der Waals surface area contributed by atoms with E-state index in [0.717, 1.165) is 6.42 Å². The maximum Gasteiger partial charge on any atom is 0.106 e. The molecule has 0 spiro atoms. The van der Waals surface area contributed by atoms with Gasteiger partial charge in [-0.25, -0.2) is 0 Å². The maximum atomic E-state index is 6.11. The predicted molar refractivity (Wildman–Crippen MR) is 89.9 cm³/mol. The van der Waals surface area contributed by atoms with Gasteiger partial charge in [0.05, 0.1) is 0 Å². The molecule has 0 aromatic heterocycles. The van der Waals surface area contributed by atoms with Gasteiger partial charge in [0, 0.05) is 0 Å². The van der Waals surface area contributed by atoms with E-state index in [-0.39, 0.29) is 17.6 Å². The quantitative estimate of drug-likeness (QED) is 0.684. The molecule has 0 aliphatic carbocycles. The fraction of sp³-hybridized carbons (Fsp3) is 0.333. The minimum atomic E-state index is 0.170. The van der Waals surface area contributed by atoms with Gasteiger partial charge in [0.25, 0.3) is 0 Å². The molecule has 0 amide bonds. The van der Waals surface area contributed by atoms with Crippen molar-refractivity contribution in [3.63, 3.8) is 0 Å². The molecule has 0 fully saturated rings. The third-order valence-corrected chi connectivity index (χ3v) is 4.80. The number of fused-ring (bicyclic) bond motifs is 5. The van der Waals surface area contributed by atoms with Gasteiger partial charge in [-0.2, -0.15) is 0 Å². The van der Waals surface area contributed by atoms with Crippen LogP contribution in [-0.2, 0) is 16.6 Å². The molecule has 0 N–H and O–H groups in total. The molecule has 2 heterocycles. The van der Waals surface area contributed by atoms with Crippen LogP contribution in [0.25, 0.3) is 0 Å². The minimum Gasteiger partial charge on any atom is -0.357 e. The highest BCUT2D eigenvalue weighted by atomic mass is 16.5. The first-order valence-corrected chi connectivity index (χ1v) is 8.07. The highest BCUT2D eigenvalue weighted by molar-refractivity contribution is 5.47. The summed E-state index contributed by atoms with van der Waals surface area (Å²) in [6, 6.07) is 17.6. The van der Waals surface area contributed by atoms with Crippen LogP contribution in [0.3, 0.4) is 0 Å². The molecule has 2 atom stereocenters. The van der Waals surface area contributed by atoms with Gasteiger partial charge < -0.3 is 4.74 Å². The highest BCUT2D eigenvalue weighted by Crippen LogP contribution is 2.50. The van der Waals surface area contributed by atoms with Crippen molar-refractivity contribution in [2.45, 2.75) is 44.8 Å². The molecule has 22 heavy (non-hydrogen) atoms. The van der Waals surface area contributed by atoms with E-state index in [9.17, 15) is 0 Å². The predicted octanol–water partition coefficient (Wildman–Crippen LogP) is 5.28. The van der Waals surface area contributed by atoms with Crippen molar-refractivity contribution in [3.05, 3.63) is 82.4 Å². The summed E-state index contributed by atoms with van der Waals surface area (Å²) in [5, 5.41) is 0. The SMILES string of the molecule is CC(C)(C)c1ccc(CC2=CC3OC2c2ccccc23)cc1. The Hall–Kier alpha value is -1.86. The fourth-order valence-corrected chi connectivity index (χ4v) is 3.51. The molecular weight excluding hydrogens is 268 g/mol. The van der Waals surface area contributed by atoms with Crippen LogP contribution in [0.1, 0.15) is 55.2 Å². The van der Waals surface area contributed by atoms with Crippen molar-refractivity contribution in [2.75, 3.05) is 0 Å². The van der Waals surface area contributed by atoms with E-state index in [1.807, 2.05) is 0 Å². The molecule has 2 aliphatic heterocycles. The second kappa shape index (κ2) is 4.82. The zero-order valence-corrected chi connectivity index (χ0v) is 13.5. The van der Waals surface area contributed by atoms with Gasteiger partial charge in [-0.05, 0) is 45.7 Å². The monoisotopic (exact) mass is 290 g/mol. The lowest BCUT2D eigenvalue weighted by Crippen LogP contribution is -2.10. The first-order chi connectivity index (χ1) is 10.5. The van der Waals surface area contributed by atoms with Crippen molar-refractivity contribution in [1.82, 2.24) is 0 Å². The average molecular weight is 290 g/mol. The van der Waals surface area contributed by atoms with E-state index in [4.69, 9.17) is 4.74 Å². The van der Waals surface area contributed by atoms with Crippen molar-refractivity contribution in [2.24, 2.45) is 0 Å². The summed E-state index contributed by atoms with van der Waals surface area (Å²) in [6.45, 7) is 6.77. The Morgan fingerprint density at radius 2 is 1.59 bits per heavy atom. The Bertz CT molecular complexity index is 731. The van der Waals surface area contributed by atoms with Crippen LogP contribution in [0.4, 0.5) is 0 Å². The number of hydrogen-bond donors (Lipinski definition) is 0. The van der Waals surface area contributed by atoms with Crippen LogP contribution < -0.4 is 0 Å². The lowest BCUT2D eigenvalue weighted by molar-refractivity contribution is 0.0824. The van der Waals surface area contributed by atoms with E-state index < -0.39 is 0 Å². The van der Waals surface area contributed by atoms with Gasteiger partial charge in [0.2, 0.25) is 0 Å². The number of benzene rings is 2. The molecule has 2 aliphatic rings. The van der Waals surface area contributed by atoms with Gasteiger partial charge in [-0.1, -0.05) is 69.3 Å². The molecule has 2 aromatic carbocycles. The third-order valence-electron chi connectivity index (χ3n) is 4.80. The minimum absolute atomic E-state index is 0.170. The largest absolute Gasteiger partial charge is 0.357 e. The Balaban J connectivity index is 1.55. The molecule has 0 radical (unpaired) electrons. The number of hydrogen-bond acceptors (Lipinski definition) is 1. The van der Waals surface area contributed by atoms with Gasteiger partial charge >= 0.3 is 0 Å². The molecule has 2 bridgehead atoms. The van der Waals surface area contributed by atoms with Crippen LogP contribution in [0.2, 0.25) is 0 Å². The van der Waals surface area contributed by atoms with E-state index in [1.165, 1.54) is 27.8 Å². The third kappa shape index (κ3) is 2.21. The molecule has 2 unspecified atom stereocenters. The summed E-state index contributed by atoms with van der Waals surface area (Å²) in [6.07, 6.45) is 3.64. The fourth-order valence-electron chi connectivity index (χ4n) is 3.51. The second-order valence-corrected chi connectivity index (χ2v) is 7.43. The normalized spacial score (nSPS) is 22.6. The Labute approximate surface area is 132 Å². The second-order valence-electron chi connectivity index (χ2n) is 7.43. The first-order valence-electron chi connectivity index (χ1n) is 8.07. The van der Waals surface area contributed by atoms with Crippen LogP contribution in [-0.4, -0.2) is 0 Å². The van der Waals surface area contributed by atoms with Crippen LogP contribution >= 0.6 is 0 Å². The number of rotatable bonds is 2. The van der Waals surface area contributed by atoms with Crippen LogP contribution in [0, 0.1) is 0 Å². The van der Waals surface area contributed by atoms with Crippen molar-refractivity contribution in [1.29, 1.82) is 0 Å². The van der Waals surface area contributed by atoms with E-state index >= 15 is 0 Å². The van der Waals surface area contributed by atoms with Crippen LogP contribution in [0.15, 0.2) is 60.2 Å². The Kier molecular flexibility index (Phi) is 3.02. The zero-order chi connectivity index (χ0) is 15.3. The molecule has 1 heteroatoms. The Morgan fingerprint density at radius 3 is 2.27 bits per heavy atom. The summed E-state index contributed by atoms with van der Waals surface area (Å²) < 4.78 is 6.11. The van der Waals surface area contributed by atoms with E-state index in [2.05, 4.69) is 75.4 Å². The molecule has 4 rings (SSSR count). The standard InChI is InChI=1S/C21H22O/c1-21(2,3)16-10-8-14(9-11-16)12-15-13-19-17-6-4-5-7-18(17)20(15)22-19/h4-11,13,19-20H,12H2,1-3H3. The van der Waals surface area contributed by atoms with Gasteiger partial charge in [-0.3, -0.25) is 0 Å². The average Bonchev–Trinajstić information content (AvgIpc) is 3.06. The summed E-state index contributed by atoms with van der Waals surface area (Å²) in [4.78, 5) is 0. The number of ether oxygens (including phenoxy) is 1. The molecule has 1 nitrogen and oxygen atoms in total. The highest BCUT2D eigenvalue weighted by Gasteiger charge is 2.38. The summed E-state index contributed by atoms with van der Waals surface area (Å²) in [5.74, 6) is 0. The van der Waals surface area contributed by atoms with Crippen molar-refractivity contribution in [3.8, 4) is 0 Å². The zero-order valence-electron chi connectivity index (χ0n) is 13.5. The molecular formula is C21H22O. The van der Waals surface area contributed by atoms with Crippen molar-refractivity contribution >= 4 is 0 Å². The van der Waals surface area contributed by atoms with Gasteiger partial charge in [-0.15, -0.1) is 0 Å².